The number of nitrogens with two attached hydrogens (primary N) is 2. The minimum atomic E-state index is -1.72. The molecule has 3 aromatic rings. The number of carbonyl (C=O) groups is 1. The Labute approximate surface area is 256 Å². The summed E-state index contributed by atoms with van der Waals surface area (Å²) in [7, 11) is -1.72. The van der Waals surface area contributed by atoms with Crippen LogP contribution in [-0.4, -0.2) is 56.4 Å². The third kappa shape index (κ3) is 7.13. The van der Waals surface area contributed by atoms with Crippen LogP contribution in [0.2, 0.25) is 5.02 Å². The molecule has 6 rings (SSSR count). The molecule has 13 nitrogen and oxygen atoms in total. The Hall–Kier alpha value is -2.80. The van der Waals surface area contributed by atoms with E-state index >= 15 is 0 Å². The number of hydrazine groups is 1. The molecule has 15 heteroatoms. The highest BCUT2D eigenvalue weighted by molar-refractivity contribution is 7.45. The summed E-state index contributed by atoms with van der Waals surface area (Å²) in [6.07, 6.45) is 7.80. The van der Waals surface area contributed by atoms with Crippen molar-refractivity contribution in [3.8, 4) is 5.75 Å². The van der Waals surface area contributed by atoms with Crippen molar-refractivity contribution in [3.05, 3.63) is 35.6 Å². The van der Waals surface area contributed by atoms with Crippen LogP contribution in [0.15, 0.2) is 30.6 Å². The smallest absolute Gasteiger partial charge is 0.323 e. The third-order valence-electron chi connectivity index (χ3n) is 7.95. The molecule has 3 heterocycles. The molecule has 5 atom stereocenters. The Morgan fingerprint density at radius 1 is 1.23 bits per heavy atom. The van der Waals surface area contributed by atoms with Gasteiger partial charge in [-0.25, -0.2) is 15.9 Å². The zero-order chi connectivity index (χ0) is 30.1. The SMILES string of the molecule is CC(NP(OCC1CC(C)C(n2cnc3c(N(N)C4CC4)nc(N)nc32)O1)Oc1ccc(Cl)cc1)C(=O)OC1CCCC1. The first-order chi connectivity index (χ1) is 20.7. The summed E-state index contributed by atoms with van der Waals surface area (Å²) < 4.78 is 26.4. The van der Waals surface area contributed by atoms with E-state index in [1.165, 1.54) is 0 Å². The Kier molecular flexibility index (Phi) is 9.18. The molecular weight excluding hydrogens is 595 g/mol. The van der Waals surface area contributed by atoms with Gasteiger partial charge in [0.1, 0.15) is 24.1 Å². The molecule has 1 aliphatic heterocycles. The second kappa shape index (κ2) is 13.1. The highest BCUT2D eigenvalue weighted by Crippen LogP contribution is 2.41. The number of nitrogen functional groups attached to an aromatic ring is 1. The van der Waals surface area contributed by atoms with Gasteiger partial charge in [-0.05, 0) is 76.1 Å². The molecule has 43 heavy (non-hydrogen) atoms. The van der Waals surface area contributed by atoms with E-state index in [0.717, 1.165) is 44.9 Å². The summed E-state index contributed by atoms with van der Waals surface area (Å²) in [5.74, 6) is 7.33. The number of fused-ring (bicyclic) bond motifs is 1. The van der Waals surface area contributed by atoms with Gasteiger partial charge in [-0.3, -0.25) is 14.4 Å². The van der Waals surface area contributed by atoms with E-state index in [0.29, 0.717) is 27.8 Å². The fraction of sp³-hybridized carbons (Fsp3) is 0.571. The van der Waals surface area contributed by atoms with Gasteiger partial charge in [0, 0.05) is 17.0 Å². The number of nitrogens with zero attached hydrogens (tertiary/aromatic N) is 5. The number of ether oxygens (including phenoxy) is 2. The van der Waals surface area contributed by atoms with Crippen LogP contribution in [0, 0.1) is 5.92 Å². The molecule has 3 fully saturated rings. The molecule has 0 bridgehead atoms. The molecule has 2 aromatic heterocycles. The fourth-order valence-corrected chi connectivity index (χ4v) is 6.83. The van der Waals surface area contributed by atoms with Gasteiger partial charge in [-0.1, -0.05) is 18.5 Å². The Balaban J connectivity index is 1.12. The van der Waals surface area contributed by atoms with E-state index in [9.17, 15) is 4.79 Å². The summed E-state index contributed by atoms with van der Waals surface area (Å²) in [6.45, 7) is 4.10. The molecule has 0 amide bonds. The van der Waals surface area contributed by atoms with Crippen LogP contribution in [0.4, 0.5) is 11.8 Å². The van der Waals surface area contributed by atoms with Crippen molar-refractivity contribution in [1.29, 1.82) is 0 Å². The van der Waals surface area contributed by atoms with E-state index in [2.05, 4.69) is 27.0 Å². The number of hydrogen-bond donors (Lipinski definition) is 3. The summed E-state index contributed by atoms with van der Waals surface area (Å²) in [4.78, 5) is 26.2. The van der Waals surface area contributed by atoms with Crippen molar-refractivity contribution in [2.75, 3.05) is 17.3 Å². The van der Waals surface area contributed by atoms with Crippen LogP contribution >= 0.6 is 20.1 Å². The van der Waals surface area contributed by atoms with Gasteiger partial charge < -0.3 is 24.3 Å². The molecular formula is C28H38ClN8O5P. The maximum absolute atomic E-state index is 12.8. The Bertz CT molecular complexity index is 1420. The standard InChI is InChI=1S/C28H38ClN8O5P/c1-16-13-22(40-26(16)36-15-32-23-24(36)33-28(30)34-25(23)37(31)19-9-10-19)14-39-43(42-21-11-7-18(29)8-12-21)35-17(2)27(38)41-20-5-3-4-6-20/h7-8,11-12,15-17,19-20,22,26,35H,3-6,9-10,13-14,31H2,1-2H3,(H2,30,33,34). The molecule has 3 aliphatic rings. The summed E-state index contributed by atoms with van der Waals surface area (Å²) in [6, 6.07) is 6.60. The lowest BCUT2D eigenvalue weighted by Gasteiger charge is -2.24. The lowest BCUT2D eigenvalue weighted by Crippen LogP contribution is -2.35. The number of rotatable bonds is 12. The van der Waals surface area contributed by atoms with E-state index in [1.807, 2.05) is 4.57 Å². The molecule has 0 spiro atoms. The zero-order valence-electron chi connectivity index (χ0n) is 24.3. The lowest BCUT2D eigenvalue weighted by molar-refractivity contribution is -0.150. The predicted molar refractivity (Wildman–Crippen MR) is 163 cm³/mol. The molecule has 1 saturated heterocycles. The van der Waals surface area contributed by atoms with Gasteiger partial charge in [-0.15, -0.1) is 0 Å². The largest absolute Gasteiger partial charge is 0.461 e. The van der Waals surface area contributed by atoms with Gasteiger partial charge in [0.2, 0.25) is 5.95 Å². The molecule has 5 unspecified atom stereocenters. The monoisotopic (exact) mass is 632 g/mol. The summed E-state index contributed by atoms with van der Waals surface area (Å²) in [5.41, 5.74) is 7.22. The number of anilines is 2. The fourth-order valence-electron chi connectivity index (χ4n) is 5.49. The molecule has 5 N–H and O–H groups in total. The van der Waals surface area contributed by atoms with Crippen molar-refractivity contribution in [2.45, 2.75) is 89.3 Å². The Morgan fingerprint density at radius 3 is 2.70 bits per heavy atom. The quantitative estimate of drug-likeness (QED) is 0.110. The number of nitrogens with one attached hydrogen (secondary N) is 1. The van der Waals surface area contributed by atoms with Crippen molar-refractivity contribution in [1.82, 2.24) is 24.6 Å². The summed E-state index contributed by atoms with van der Waals surface area (Å²) in [5, 5.41) is 5.41. The maximum atomic E-state index is 12.8. The van der Waals surface area contributed by atoms with Gasteiger partial charge in [0.05, 0.1) is 19.0 Å². The molecule has 1 aromatic carbocycles. The minimum Gasteiger partial charge on any atom is -0.461 e. The third-order valence-corrected chi connectivity index (χ3v) is 9.56. The first-order valence-corrected chi connectivity index (χ1v) is 16.3. The predicted octanol–water partition coefficient (Wildman–Crippen LogP) is 4.61. The van der Waals surface area contributed by atoms with Crippen molar-refractivity contribution >= 4 is 49.0 Å². The highest BCUT2D eigenvalue weighted by Gasteiger charge is 2.37. The summed E-state index contributed by atoms with van der Waals surface area (Å²) >= 11 is 6.05. The highest BCUT2D eigenvalue weighted by atomic mass is 35.5. The number of benzene rings is 1. The molecule has 2 saturated carbocycles. The van der Waals surface area contributed by atoms with E-state index in [1.54, 1.807) is 42.5 Å². The first kappa shape index (κ1) is 30.2. The number of carbonyl (C=O) groups excluding carboxylic acids is 1. The number of hydrogen-bond acceptors (Lipinski definition) is 12. The lowest BCUT2D eigenvalue weighted by atomic mass is 10.1. The van der Waals surface area contributed by atoms with E-state index in [4.69, 9.17) is 41.7 Å². The first-order valence-electron chi connectivity index (χ1n) is 14.8. The maximum Gasteiger partial charge on any atom is 0.323 e. The molecule has 232 valence electrons. The number of halogens is 1. The topological polar surface area (TPSA) is 165 Å². The minimum absolute atomic E-state index is 0.0241. The van der Waals surface area contributed by atoms with Crippen LogP contribution in [0.1, 0.15) is 65.0 Å². The second-order valence-electron chi connectivity index (χ2n) is 11.5. The van der Waals surface area contributed by atoms with E-state index in [-0.39, 0.29) is 48.9 Å². The van der Waals surface area contributed by atoms with Crippen LogP contribution in [0.25, 0.3) is 11.2 Å². The molecule has 0 radical (unpaired) electrons. The molecule has 2 aliphatic carbocycles. The number of imidazole rings is 1. The van der Waals surface area contributed by atoms with Crippen molar-refractivity contribution in [3.63, 3.8) is 0 Å². The van der Waals surface area contributed by atoms with Crippen LogP contribution < -0.4 is 26.2 Å². The van der Waals surface area contributed by atoms with Gasteiger partial charge in [0.15, 0.2) is 17.0 Å². The Morgan fingerprint density at radius 2 is 1.98 bits per heavy atom. The second-order valence-corrected chi connectivity index (χ2v) is 13.2. The van der Waals surface area contributed by atoms with Crippen LogP contribution in [0.3, 0.4) is 0 Å². The normalized spacial score (nSPS) is 23.9. The van der Waals surface area contributed by atoms with Crippen molar-refractivity contribution < 1.29 is 23.3 Å². The van der Waals surface area contributed by atoms with Gasteiger partial charge in [0.25, 0.3) is 0 Å². The average molecular weight is 633 g/mol. The average Bonchev–Trinajstić information content (AvgIpc) is 3.35. The van der Waals surface area contributed by atoms with Crippen LogP contribution in [-0.2, 0) is 18.8 Å². The van der Waals surface area contributed by atoms with E-state index < -0.39 is 14.6 Å². The number of esters is 1. The number of aromatic nitrogens is 4. The van der Waals surface area contributed by atoms with Crippen LogP contribution in [0.5, 0.6) is 5.75 Å². The van der Waals surface area contributed by atoms with Gasteiger partial charge in [-0.2, -0.15) is 9.97 Å². The van der Waals surface area contributed by atoms with Gasteiger partial charge >= 0.3 is 14.5 Å². The zero-order valence-corrected chi connectivity index (χ0v) is 25.9. The van der Waals surface area contributed by atoms with Crippen molar-refractivity contribution in [2.24, 2.45) is 11.8 Å².